The summed E-state index contributed by atoms with van der Waals surface area (Å²) in [5, 5.41) is 5.71. The van der Waals surface area contributed by atoms with Crippen LogP contribution >= 0.6 is 11.6 Å². The molecule has 6 heteroatoms. The van der Waals surface area contributed by atoms with E-state index in [0.717, 1.165) is 6.42 Å². The third-order valence-electron chi connectivity index (χ3n) is 2.85. The molecule has 0 unspecified atom stereocenters. The maximum Gasteiger partial charge on any atom is 0.255 e. The Morgan fingerprint density at radius 1 is 1.33 bits per heavy atom. The molecule has 1 rings (SSSR count). The summed E-state index contributed by atoms with van der Waals surface area (Å²) in [4.78, 5) is 23.3. The summed E-state index contributed by atoms with van der Waals surface area (Å²) in [7, 11) is 1.46. The molecular weight excluding hydrogens is 292 g/mol. The summed E-state index contributed by atoms with van der Waals surface area (Å²) in [5.41, 5.74) is 0.764. The van der Waals surface area contributed by atoms with E-state index >= 15 is 0 Å². The minimum absolute atomic E-state index is 0.243. The van der Waals surface area contributed by atoms with Crippen molar-refractivity contribution < 1.29 is 14.3 Å². The Morgan fingerprint density at radius 3 is 2.52 bits per heavy atom. The van der Waals surface area contributed by atoms with Crippen molar-refractivity contribution >= 4 is 29.1 Å². The molecule has 0 fully saturated rings. The van der Waals surface area contributed by atoms with Crippen molar-refractivity contribution in [3.63, 3.8) is 0 Å². The number of methoxy groups -OCH3 is 1. The Kier molecular flexibility index (Phi) is 6.49. The zero-order valence-electron chi connectivity index (χ0n) is 12.7. The molecule has 0 saturated heterocycles. The molecule has 2 amide bonds. The first kappa shape index (κ1) is 17.3. The summed E-state index contributed by atoms with van der Waals surface area (Å²) >= 11 is 6.08. The van der Waals surface area contributed by atoms with Gasteiger partial charge < -0.3 is 15.4 Å². The summed E-state index contributed by atoms with van der Waals surface area (Å²) in [6.07, 6.45) is 0.895. The van der Waals surface area contributed by atoms with E-state index < -0.39 is 0 Å². The molecule has 5 nitrogen and oxygen atoms in total. The van der Waals surface area contributed by atoms with E-state index in [0.29, 0.717) is 34.5 Å². The molecule has 0 heterocycles. The van der Waals surface area contributed by atoms with E-state index in [2.05, 4.69) is 24.5 Å². The number of hydrogen-bond acceptors (Lipinski definition) is 3. The van der Waals surface area contributed by atoms with Gasteiger partial charge in [-0.05, 0) is 18.4 Å². The predicted molar refractivity (Wildman–Crippen MR) is 84.1 cm³/mol. The van der Waals surface area contributed by atoms with Crippen molar-refractivity contribution in [2.45, 2.75) is 27.2 Å². The van der Waals surface area contributed by atoms with Gasteiger partial charge in [-0.15, -0.1) is 0 Å². The number of rotatable bonds is 6. The Morgan fingerprint density at radius 2 is 2.00 bits per heavy atom. The summed E-state index contributed by atoms with van der Waals surface area (Å²) in [5.74, 6) is 0.389. The van der Waals surface area contributed by atoms with Crippen molar-refractivity contribution in [2.24, 2.45) is 5.92 Å². The minimum Gasteiger partial charge on any atom is -0.496 e. The molecule has 0 radical (unpaired) electrons. The van der Waals surface area contributed by atoms with E-state index in [4.69, 9.17) is 16.3 Å². The van der Waals surface area contributed by atoms with Crippen LogP contribution in [0.2, 0.25) is 5.02 Å². The highest BCUT2D eigenvalue weighted by Gasteiger charge is 2.16. The molecule has 21 heavy (non-hydrogen) atoms. The van der Waals surface area contributed by atoms with Crippen LogP contribution in [-0.2, 0) is 4.79 Å². The smallest absolute Gasteiger partial charge is 0.255 e. The highest BCUT2D eigenvalue weighted by Crippen LogP contribution is 2.31. The molecule has 1 aromatic rings. The zero-order chi connectivity index (χ0) is 16.0. The van der Waals surface area contributed by atoms with E-state index in [1.807, 2.05) is 0 Å². The molecular formula is C15H21ClN2O3. The highest BCUT2D eigenvalue weighted by molar-refractivity contribution is 6.34. The van der Waals surface area contributed by atoms with Crippen molar-refractivity contribution in [1.82, 2.24) is 5.32 Å². The Bertz CT molecular complexity index is 530. The summed E-state index contributed by atoms with van der Waals surface area (Å²) < 4.78 is 5.20. The third-order valence-corrected chi connectivity index (χ3v) is 3.16. The van der Waals surface area contributed by atoms with Gasteiger partial charge >= 0.3 is 0 Å². The zero-order valence-corrected chi connectivity index (χ0v) is 13.5. The number of amides is 2. The average Bonchev–Trinajstić information content (AvgIpc) is 2.39. The largest absolute Gasteiger partial charge is 0.496 e. The predicted octanol–water partition coefficient (Wildman–Crippen LogP) is 3.08. The van der Waals surface area contributed by atoms with Gasteiger partial charge in [-0.25, -0.2) is 0 Å². The molecule has 0 aliphatic rings. The second-order valence-electron chi connectivity index (χ2n) is 5.15. The van der Waals surface area contributed by atoms with Crippen LogP contribution in [0.4, 0.5) is 5.69 Å². The first-order valence-corrected chi connectivity index (χ1v) is 7.16. The number of anilines is 1. The first-order chi connectivity index (χ1) is 9.85. The molecule has 0 saturated carbocycles. The Balaban J connectivity index is 2.93. The maximum absolute atomic E-state index is 12.2. The van der Waals surface area contributed by atoms with Gasteiger partial charge in [0.15, 0.2) is 0 Å². The standard InChI is InChI=1S/C15H21ClN2O3/c1-9(2)5-6-17-15(20)11-7-12(16)13(18-10(3)19)8-14(11)21-4/h7-9H,5-6H2,1-4H3,(H,17,20)(H,18,19). The summed E-state index contributed by atoms with van der Waals surface area (Å²) in [6.45, 7) is 6.15. The average molecular weight is 313 g/mol. The quantitative estimate of drug-likeness (QED) is 0.848. The number of carbonyl (C=O) groups is 2. The lowest BCUT2D eigenvalue weighted by atomic mass is 10.1. The van der Waals surface area contributed by atoms with Gasteiger partial charge in [0.05, 0.1) is 23.4 Å². The highest BCUT2D eigenvalue weighted by atomic mass is 35.5. The third kappa shape index (κ3) is 5.27. The van der Waals surface area contributed by atoms with Crippen LogP contribution in [0.25, 0.3) is 0 Å². The van der Waals surface area contributed by atoms with Crippen LogP contribution in [0, 0.1) is 5.92 Å². The van der Waals surface area contributed by atoms with Crippen molar-refractivity contribution in [1.29, 1.82) is 0 Å². The fourth-order valence-electron chi connectivity index (χ4n) is 1.75. The monoisotopic (exact) mass is 312 g/mol. The van der Waals surface area contributed by atoms with Gasteiger partial charge in [0.25, 0.3) is 5.91 Å². The van der Waals surface area contributed by atoms with Gasteiger partial charge in [0.1, 0.15) is 5.75 Å². The van der Waals surface area contributed by atoms with Crippen molar-refractivity contribution in [2.75, 3.05) is 19.0 Å². The van der Waals surface area contributed by atoms with E-state index in [-0.39, 0.29) is 11.8 Å². The number of benzene rings is 1. The lowest BCUT2D eigenvalue weighted by molar-refractivity contribution is -0.114. The lowest BCUT2D eigenvalue weighted by Crippen LogP contribution is -2.26. The fourth-order valence-corrected chi connectivity index (χ4v) is 1.97. The second kappa shape index (κ2) is 7.88. The topological polar surface area (TPSA) is 67.4 Å². The van der Waals surface area contributed by atoms with Crippen LogP contribution in [-0.4, -0.2) is 25.5 Å². The number of hydrogen-bond donors (Lipinski definition) is 2. The molecule has 0 bridgehead atoms. The van der Waals surface area contributed by atoms with Crippen LogP contribution in [0.3, 0.4) is 0 Å². The molecule has 1 aromatic carbocycles. The summed E-state index contributed by atoms with van der Waals surface area (Å²) in [6, 6.07) is 3.04. The van der Waals surface area contributed by atoms with Crippen LogP contribution < -0.4 is 15.4 Å². The fraction of sp³-hybridized carbons (Fsp3) is 0.467. The van der Waals surface area contributed by atoms with Crippen molar-refractivity contribution in [3.05, 3.63) is 22.7 Å². The van der Waals surface area contributed by atoms with E-state index in [1.165, 1.54) is 20.1 Å². The van der Waals surface area contributed by atoms with Gasteiger partial charge in [-0.3, -0.25) is 9.59 Å². The van der Waals surface area contributed by atoms with E-state index in [1.54, 1.807) is 6.07 Å². The second-order valence-corrected chi connectivity index (χ2v) is 5.56. The van der Waals surface area contributed by atoms with Gasteiger partial charge in [0.2, 0.25) is 5.91 Å². The maximum atomic E-state index is 12.2. The SMILES string of the molecule is COc1cc(NC(C)=O)c(Cl)cc1C(=O)NCCC(C)C. The van der Waals surface area contributed by atoms with Gasteiger partial charge in [-0.2, -0.15) is 0 Å². The molecule has 2 N–H and O–H groups in total. The van der Waals surface area contributed by atoms with E-state index in [9.17, 15) is 9.59 Å². The first-order valence-electron chi connectivity index (χ1n) is 6.78. The Hall–Kier alpha value is -1.75. The van der Waals surface area contributed by atoms with Crippen molar-refractivity contribution in [3.8, 4) is 5.75 Å². The number of ether oxygens (including phenoxy) is 1. The van der Waals surface area contributed by atoms with Gasteiger partial charge in [0, 0.05) is 19.5 Å². The van der Waals surface area contributed by atoms with Crippen LogP contribution in [0.15, 0.2) is 12.1 Å². The molecule has 0 spiro atoms. The molecule has 0 aliphatic carbocycles. The molecule has 116 valence electrons. The number of halogens is 1. The Labute approximate surface area is 130 Å². The molecule has 0 aromatic heterocycles. The minimum atomic E-state index is -0.247. The lowest BCUT2D eigenvalue weighted by Gasteiger charge is -2.13. The van der Waals surface area contributed by atoms with Gasteiger partial charge in [-0.1, -0.05) is 25.4 Å². The molecule has 0 atom stereocenters. The van der Waals surface area contributed by atoms with Crippen LogP contribution in [0.5, 0.6) is 5.75 Å². The molecule has 0 aliphatic heterocycles. The normalized spacial score (nSPS) is 10.4. The number of nitrogens with one attached hydrogen (secondary N) is 2. The number of carbonyl (C=O) groups excluding carboxylic acids is 2. The van der Waals surface area contributed by atoms with Crippen LogP contribution in [0.1, 0.15) is 37.6 Å².